The van der Waals surface area contributed by atoms with Gasteiger partial charge in [-0.2, -0.15) is 5.26 Å². The fourth-order valence-electron chi connectivity index (χ4n) is 6.15. The summed E-state index contributed by atoms with van der Waals surface area (Å²) < 4.78 is 0. The van der Waals surface area contributed by atoms with Crippen molar-refractivity contribution in [2.45, 2.75) is 0 Å². The van der Waals surface area contributed by atoms with Crippen LogP contribution in [0.2, 0.25) is 0 Å². The second-order valence-corrected chi connectivity index (χ2v) is 11.4. The Kier molecular flexibility index (Phi) is 6.87. The van der Waals surface area contributed by atoms with Gasteiger partial charge in [0.1, 0.15) is 0 Å². The van der Waals surface area contributed by atoms with E-state index in [1.54, 1.807) is 0 Å². The highest BCUT2D eigenvalue weighted by Crippen LogP contribution is 2.35. The van der Waals surface area contributed by atoms with Crippen molar-refractivity contribution in [1.29, 1.82) is 5.26 Å². The number of benzene rings is 7. The molecule has 0 radical (unpaired) electrons. The minimum Gasteiger partial charge on any atom is -0.228 e. The second-order valence-electron chi connectivity index (χ2n) is 11.4. The molecule has 1 heterocycles. The highest BCUT2D eigenvalue weighted by molar-refractivity contribution is 6.01. The van der Waals surface area contributed by atoms with Gasteiger partial charge in [-0.25, -0.2) is 9.97 Å². The van der Waals surface area contributed by atoms with Crippen LogP contribution in [0.4, 0.5) is 0 Å². The van der Waals surface area contributed by atoms with Crippen molar-refractivity contribution in [2.24, 2.45) is 0 Å². The van der Waals surface area contributed by atoms with Crippen molar-refractivity contribution >= 4 is 21.5 Å². The van der Waals surface area contributed by atoms with E-state index in [0.717, 1.165) is 61.1 Å². The summed E-state index contributed by atoms with van der Waals surface area (Å²) in [5, 5.41) is 14.1. The number of hydrogen-bond donors (Lipinski definition) is 0. The van der Waals surface area contributed by atoms with Gasteiger partial charge in [-0.1, -0.05) is 140 Å². The summed E-state index contributed by atoms with van der Waals surface area (Å²) >= 11 is 0. The highest BCUT2D eigenvalue weighted by atomic mass is 14.9. The van der Waals surface area contributed by atoms with Crippen LogP contribution >= 0.6 is 0 Å². The molecule has 1 aromatic heterocycles. The molecule has 0 saturated heterocycles. The zero-order valence-electron chi connectivity index (χ0n) is 24.9. The standard InChI is InChI=1S/C43H27N3/c44-28-37-15-7-13-30-19-22-36(26-40(30)37)38-16-8-14-35-25-34(23-24-39(35)38)29-17-20-32(21-18-29)42-27-41(31-9-3-1-4-10-31)45-43(46-42)33-11-5-2-6-12-33/h1-27H. The minimum atomic E-state index is 0.694. The molecule has 0 N–H and O–H groups in total. The topological polar surface area (TPSA) is 49.6 Å². The molecule has 0 spiro atoms. The number of nitrogens with zero attached hydrogens (tertiary/aromatic N) is 3. The number of aromatic nitrogens is 2. The lowest BCUT2D eigenvalue weighted by Gasteiger charge is -2.12. The summed E-state index contributed by atoms with van der Waals surface area (Å²) in [6.45, 7) is 0. The van der Waals surface area contributed by atoms with Crippen LogP contribution in [0.5, 0.6) is 0 Å². The molecule has 0 atom stereocenters. The predicted octanol–water partition coefficient (Wildman–Crippen LogP) is 11.0. The molecular weight excluding hydrogens is 558 g/mol. The van der Waals surface area contributed by atoms with Gasteiger partial charge in [0, 0.05) is 22.1 Å². The van der Waals surface area contributed by atoms with Crippen LogP contribution in [0, 0.1) is 11.3 Å². The molecule has 8 aromatic rings. The highest BCUT2D eigenvalue weighted by Gasteiger charge is 2.12. The molecule has 7 aromatic carbocycles. The summed E-state index contributed by atoms with van der Waals surface area (Å²) in [4.78, 5) is 9.90. The summed E-state index contributed by atoms with van der Waals surface area (Å²) in [6, 6.07) is 58.7. The number of hydrogen-bond acceptors (Lipinski definition) is 3. The van der Waals surface area contributed by atoms with Crippen molar-refractivity contribution < 1.29 is 0 Å². The Hall–Kier alpha value is -6.37. The third-order valence-corrected chi connectivity index (χ3v) is 8.54. The minimum absolute atomic E-state index is 0.694. The average molecular weight is 586 g/mol. The zero-order chi connectivity index (χ0) is 30.9. The van der Waals surface area contributed by atoms with Crippen molar-refractivity contribution in [2.75, 3.05) is 0 Å². The van der Waals surface area contributed by atoms with Gasteiger partial charge in [-0.15, -0.1) is 0 Å². The monoisotopic (exact) mass is 585 g/mol. The molecule has 3 heteroatoms. The van der Waals surface area contributed by atoms with Gasteiger partial charge in [0.2, 0.25) is 0 Å². The Balaban J connectivity index is 1.15. The normalized spacial score (nSPS) is 11.0. The fraction of sp³-hybridized carbons (Fsp3) is 0. The van der Waals surface area contributed by atoms with Crippen LogP contribution in [0.1, 0.15) is 5.56 Å². The van der Waals surface area contributed by atoms with Gasteiger partial charge in [-0.3, -0.25) is 0 Å². The lowest BCUT2D eigenvalue weighted by Crippen LogP contribution is -1.95. The van der Waals surface area contributed by atoms with Gasteiger partial charge in [0.15, 0.2) is 5.82 Å². The van der Waals surface area contributed by atoms with E-state index in [4.69, 9.17) is 9.97 Å². The summed E-state index contributed by atoms with van der Waals surface area (Å²) in [6.07, 6.45) is 0. The Labute approximate surface area is 267 Å². The average Bonchev–Trinajstić information content (AvgIpc) is 3.14. The maximum Gasteiger partial charge on any atom is 0.160 e. The van der Waals surface area contributed by atoms with Crippen LogP contribution in [-0.4, -0.2) is 9.97 Å². The summed E-state index contributed by atoms with van der Waals surface area (Å²) in [5.41, 5.74) is 10.1. The lowest BCUT2D eigenvalue weighted by atomic mass is 9.93. The van der Waals surface area contributed by atoms with Gasteiger partial charge in [0.05, 0.1) is 23.0 Å². The van der Waals surface area contributed by atoms with E-state index in [-0.39, 0.29) is 0 Å². The van der Waals surface area contributed by atoms with E-state index in [9.17, 15) is 5.26 Å². The third kappa shape index (κ3) is 5.09. The van der Waals surface area contributed by atoms with E-state index in [2.05, 4.69) is 109 Å². The van der Waals surface area contributed by atoms with Crippen LogP contribution in [0.3, 0.4) is 0 Å². The van der Waals surface area contributed by atoms with E-state index in [0.29, 0.717) is 11.4 Å². The predicted molar refractivity (Wildman–Crippen MR) is 189 cm³/mol. The maximum absolute atomic E-state index is 9.65. The van der Waals surface area contributed by atoms with Gasteiger partial charge in [0.25, 0.3) is 0 Å². The zero-order valence-corrected chi connectivity index (χ0v) is 24.9. The van der Waals surface area contributed by atoms with Crippen LogP contribution < -0.4 is 0 Å². The van der Waals surface area contributed by atoms with Crippen molar-refractivity contribution in [1.82, 2.24) is 9.97 Å². The summed E-state index contributed by atoms with van der Waals surface area (Å²) in [5.74, 6) is 0.710. The van der Waals surface area contributed by atoms with E-state index in [1.807, 2.05) is 60.7 Å². The first kappa shape index (κ1) is 27.2. The molecule has 46 heavy (non-hydrogen) atoms. The lowest BCUT2D eigenvalue weighted by molar-refractivity contribution is 1.18. The Morgan fingerprint density at radius 3 is 1.74 bits per heavy atom. The van der Waals surface area contributed by atoms with Crippen molar-refractivity contribution in [3.63, 3.8) is 0 Å². The Bertz CT molecular complexity index is 2350. The summed E-state index contributed by atoms with van der Waals surface area (Å²) in [7, 11) is 0. The molecule has 0 aliphatic rings. The third-order valence-electron chi connectivity index (χ3n) is 8.54. The first-order valence-electron chi connectivity index (χ1n) is 15.3. The van der Waals surface area contributed by atoms with Crippen LogP contribution in [0.15, 0.2) is 164 Å². The van der Waals surface area contributed by atoms with Gasteiger partial charge < -0.3 is 0 Å². The Morgan fingerprint density at radius 2 is 1.00 bits per heavy atom. The first-order chi connectivity index (χ1) is 22.7. The largest absolute Gasteiger partial charge is 0.228 e. The maximum atomic E-state index is 9.65. The molecule has 3 nitrogen and oxygen atoms in total. The van der Waals surface area contributed by atoms with E-state index < -0.39 is 0 Å². The second kappa shape index (κ2) is 11.6. The number of nitriles is 1. The SMILES string of the molecule is N#Cc1cccc2ccc(-c3cccc4cc(-c5ccc(-c6cc(-c7ccccc7)nc(-c7ccccc7)n6)cc5)ccc34)cc12. The molecule has 8 rings (SSSR count). The first-order valence-corrected chi connectivity index (χ1v) is 15.3. The van der Waals surface area contributed by atoms with Crippen LogP contribution in [0.25, 0.3) is 77.7 Å². The van der Waals surface area contributed by atoms with Gasteiger partial charge >= 0.3 is 0 Å². The molecule has 214 valence electrons. The molecule has 0 amide bonds. The molecular formula is C43H27N3. The molecule has 0 unspecified atom stereocenters. The molecule has 0 aliphatic carbocycles. The Morgan fingerprint density at radius 1 is 0.391 bits per heavy atom. The van der Waals surface area contributed by atoms with E-state index >= 15 is 0 Å². The smallest absolute Gasteiger partial charge is 0.160 e. The van der Waals surface area contributed by atoms with Crippen LogP contribution in [-0.2, 0) is 0 Å². The van der Waals surface area contributed by atoms with E-state index in [1.165, 1.54) is 10.8 Å². The van der Waals surface area contributed by atoms with Crippen molar-refractivity contribution in [3.05, 3.63) is 169 Å². The van der Waals surface area contributed by atoms with Crippen molar-refractivity contribution in [3.8, 4) is 62.2 Å². The number of rotatable bonds is 5. The number of fused-ring (bicyclic) bond motifs is 2. The fourth-order valence-corrected chi connectivity index (χ4v) is 6.15. The molecule has 0 saturated carbocycles. The quantitative estimate of drug-likeness (QED) is 0.202. The molecule has 0 bridgehead atoms. The molecule has 0 aliphatic heterocycles. The molecule has 0 fully saturated rings. The van der Waals surface area contributed by atoms with Gasteiger partial charge in [-0.05, 0) is 62.7 Å².